The lowest BCUT2D eigenvalue weighted by atomic mass is 10.3. The molecule has 1 aromatic carbocycles. The number of amides is 4. The van der Waals surface area contributed by atoms with Crippen LogP contribution in [0, 0.1) is 0 Å². The molecule has 7 heteroatoms. The van der Waals surface area contributed by atoms with Crippen LogP contribution < -0.4 is 19.0 Å². The van der Waals surface area contributed by atoms with Gasteiger partial charge in [-0.25, -0.2) is 4.79 Å². The van der Waals surface area contributed by atoms with E-state index in [4.69, 9.17) is 0 Å². The third-order valence-electron chi connectivity index (χ3n) is 2.38. The van der Waals surface area contributed by atoms with Crippen molar-refractivity contribution >= 4 is 40.4 Å². The van der Waals surface area contributed by atoms with Gasteiger partial charge in [-0.05, 0) is 12.1 Å². The van der Waals surface area contributed by atoms with Crippen molar-refractivity contribution in [2.75, 3.05) is 4.90 Å². The summed E-state index contributed by atoms with van der Waals surface area (Å²) in [6, 6.07) is 8.02. The predicted molar refractivity (Wildman–Crippen MR) is 70.3 cm³/mol. The van der Waals surface area contributed by atoms with Crippen LogP contribution in [0.5, 0.6) is 0 Å². The van der Waals surface area contributed by atoms with Gasteiger partial charge in [0.05, 0.1) is 0 Å². The number of imide groups is 1. The first-order chi connectivity index (χ1) is 8.77. The quantitative estimate of drug-likeness (QED) is 0.809. The van der Waals surface area contributed by atoms with Gasteiger partial charge in [-0.1, -0.05) is 45.6 Å². The molecule has 1 aliphatic rings. The number of nitrogens with zero attached hydrogens (tertiary/aromatic N) is 2. The summed E-state index contributed by atoms with van der Waals surface area (Å²) in [5, 5.41) is 3.73. The number of carbonyl (C=O) groups is 2. The molecule has 0 saturated carbocycles. The Morgan fingerprint density at radius 2 is 1.72 bits per heavy atom. The second-order valence-electron chi connectivity index (χ2n) is 3.48. The van der Waals surface area contributed by atoms with Gasteiger partial charge < -0.3 is 0 Å². The molecule has 90 valence electrons. The summed E-state index contributed by atoms with van der Waals surface area (Å²) in [7, 11) is 0. The number of urea groups is 2. The van der Waals surface area contributed by atoms with Crippen LogP contribution in [0.3, 0.4) is 0 Å². The van der Waals surface area contributed by atoms with Crippen LogP contribution in [0.4, 0.5) is 15.3 Å². The second-order valence-corrected chi connectivity index (χ2v) is 5.53. The first-order valence-electron chi connectivity index (χ1n) is 5.12. The molecule has 0 spiro atoms. The highest BCUT2D eigenvalue weighted by Gasteiger charge is 2.45. The van der Waals surface area contributed by atoms with E-state index in [0.29, 0.717) is 5.69 Å². The van der Waals surface area contributed by atoms with Crippen molar-refractivity contribution in [1.29, 1.82) is 0 Å². The first kappa shape index (κ1) is 11.1. The number of hydrazine groups is 1. The van der Waals surface area contributed by atoms with E-state index in [-0.39, 0.29) is 6.03 Å². The van der Waals surface area contributed by atoms with Crippen LogP contribution in [-0.2, 0) is 0 Å². The molecule has 1 fully saturated rings. The number of hydrogen-bond acceptors (Lipinski definition) is 4. The van der Waals surface area contributed by atoms with Crippen molar-refractivity contribution in [2.24, 2.45) is 0 Å². The molecule has 5 nitrogen and oxygen atoms in total. The van der Waals surface area contributed by atoms with Crippen molar-refractivity contribution in [3.05, 3.63) is 45.1 Å². The van der Waals surface area contributed by atoms with Crippen LogP contribution in [0.2, 0.25) is 0 Å². The molecule has 1 aromatic heterocycles. The standard InChI is InChI=1S/C11H7N3O2S2/c15-9-12-14(11-17-6-7-18-11)10(16)13(9)8-4-2-1-3-5-8/h1-7H/p+1. The number of nitrogens with one attached hydrogen (secondary N) is 1. The molecule has 0 radical (unpaired) electrons. The van der Waals surface area contributed by atoms with Crippen LogP contribution in [0.25, 0.3) is 0 Å². The Morgan fingerprint density at radius 3 is 2.39 bits per heavy atom. The van der Waals surface area contributed by atoms with Gasteiger partial charge in [-0.3, -0.25) is 0 Å². The van der Waals surface area contributed by atoms with Crippen molar-refractivity contribution < 1.29 is 9.59 Å². The summed E-state index contributed by atoms with van der Waals surface area (Å²) in [6.07, 6.45) is 0. The lowest BCUT2D eigenvalue weighted by Crippen LogP contribution is -2.37. The highest BCUT2D eigenvalue weighted by Crippen LogP contribution is 2.16. The van der Waals surface area contributed by atoms with Crippen molar-refractivity contribution in [3.63, 3.8) is 0 Å². The average molecular weight is 278 g/mol. The Kier molecular flexibility index (Phi) is 2.69. The molecule has 0 atom stereocenters. The lowest BCUT2D eigenvalue weighted by Gasteiger charge is -2.00. The number of hydrogen-bond donors (Lipinski definition) is 1. The highest BCUT2D eigenvalue weighted by atomic mass is 32.2. The lowest BCUT2D eigenvalue weighted by molar-refractivity contribution is 0.245. The van der Waals surface area contributed by atoms with Crippen molar-refractivity contribution in [3.8, 4) is 0 Å². The van der Waals surface area contributed by atoms with E-state index in [0.717, 1.165) is 8.88 Å². The maximum atomic E-state index is 12.2. The number of anilines is 1. The van der Waals surface area contributed by atoms with Gasteiger partial charge >= 0.3 is 12.1 Å². The van der Waals surface area contributed by atoms with Gasteiger partial charge in [0.15, 0.2) is 0 Å². The molecule has 2 heterocycles. The molecule has 1 aliphatic heterocycles. The zero-order chi connectivity index (χ0) is 12.5. The van der Waals surface area contributed by atoms with Crippen LogP contribution in [0.15, 0.2) is 41.1 Å². The zero-order valence-corrected chi connectivity index (χ0v) is 10.7. The average Bonchev–Trinajstić information content (AvgIpc) is 2.99. The topological polar surface area (TPSA) is 52.4 Å². The number of benzene rings is 1. The molecule has 1 saturated heterocycles. The minimum Gasteiger partial charge on any atom is -0.216 e. The van der Waals surface area contributed by atoms with Gasteiger partial charge in [-0.15, -0.1) is 10.3 Å². The maximum absolute atomic E-state index is 12.2. The molecular formula is C11H8N3O2S2+. The molecular weight excluding hydrogens is 270 g/mol. The van der Waals surface area contributed by atoms with Gasteiger partial charge in [-0.2, -0.15) is 4.79 Å². The fraction of sp³-hybridized carbons (Fsp3) is 0. The fourth-order valence-corrected chi connectivity index (χ4v) is 3.31. The van der Waals surface area contributed by atoms with Gasteiger partial charge in [0.25, 0.3) is 3.98 Å². The van der Waals surface area contributed by atoms with Crippen LogP contribution in [0.1, 0.15) is 0 Å². The Hall–Kier alpha value is -1.99. The van der Waals surface area contributed by atoms with Crippen LogP contribution in [-0.4, -0.2) is 12.1 Å². The first-order valence-corrected chi connectivity index (χ1v) is 6.88. The Labute approximate surface area is 110 Å². The smallest absolute Gasteiger partial charge is 0.216 e. The van der Waals surface area contributed by atoms with E-state index < -0.39 is 6.03 Å². The molecule has 3 rings (SSSR count). The number of para-hydroxylation sites is 1. The van der Waals surface area contributed by atoms with Crippen LogP contribution >= 0.6 is 22.7 Å². The SMILES string of the molecule is O=C1N[N+](=c2sccs2)C(=O)N1c1ccccc1. The van der Waals surface area contributed by atoms with E-state index in [1.807, 2.05) is 16.8 Å². The minimum absolute atomic E-state index is 0.384. The molecule has 0 bridgehead atoms. The largest absolute Gasteiger partial charge is 0.533 e. The summed E-state index contributed by atoms with van der Waals surface area (Å²) < 4.78 is 2.00. The molecule has 0 aliphatic carbocycles. The predicted octanol–water partition coefficient (Wildman–Crippen LogP) is 1.85. The van der Waals surface area contributed by atoms with E-state index in [2.05, 4.69) is 5.43 Å². The summed E-state index contributed by atoms with van der Waals surface area (Å²) in [5.74, 6) is 0. The Morgan fingerprint density at radius 1 is 1.06 bits per heavy atom. The molecule has 18 heavy (non-hydrogen) atoms. The molecule has 0 unspecified atom stereocenters. The fourth-order valence-electron chi connectivity index (χ4n) is 1.61. The van der Waals surface area contributed by atoms with E-state index in [9.17, 15) is 9.59 Å². The monoisotopic (exact) mass is 278 g/mol. The van der Waals surface area contributed by atoms with Gasteiger partial charge in [0, 0.05) is 10.8 Å². The summed E-state index contributed by atoms with van der Waals surface area (Å²) in [5.41, 5.74) is 3.11. The second kappa shape index (κ2) is 4.35. The third kappa shape index (κ3) is 1.73. The molecule has 4 amide bonds. The normalized spacial score (nSPS) is 15.1. The van der Waals surface area contributed by atoms with Crippen molar-refractivity contribution in [2.45, 2.75) is 0 Å². The molecule has 2 aromatic rings. The van der Waals surface area contributed by atoms with Gasteiger partial charge in [0.2, 0.25) is 0 Å². The van der Waals surface area contributed by atoms with E-state index in [1.165, 1.54) is 27.4 Å². The third-order valence-corrected chi connectivity index (χ3v) is 4.45. The Balaban J connectivity index is 2.09. The molecule has 1 N–H and O–H groups in total. The van der Waals surface area contributed by atoms with Gasteiger partial charge in [0.1, 0.15) is 5.69 Å². The van der Waals surface area contributed by atoms with E-state index >= 15 is 0 Å². The maximum Gasteiger partial charge on any atom is 0.533 e. The minimum atomic E-state index is -0.438. The highest BCUT2D eigenvalue weighted by molar-refractivity contribution is 7.24. The summed E-state index contributed by atoms with van der Waals surface area (Å²) >= 11 is 2.81. The summed E-state index contributed by atoms with van der Waals surface area (Å²) in [4.78, 5) is 25.2. The van der Waals surface area contributed by atoms with E-state index in [1.54, 1.807) is 24.3 Å². The Bertz CT molecular complexity index is 658. The number of rotatable bonds is 1. The summed E-state index contributed by atoms with van der Waals surface area (Å²) in [6.45, 7) is 0. The zero-order valence-electron chi connectivity index (χ0n) is 9.07. The van der Waals surface area contributed by atoms with Crippen molar-refractivity contribution in [1.82, 2.24) is 10.1 Å². The number of carbonyl (C=O) groups excluding carboxylic acids is 2.